The summed E-state index contributed by atoms with van der Waals surface area (Å²) < 4.78 is 42.0. The molecule has 194 valence electrons. The van der Waals surface area contributed by atoms with Crippen molar-refractivity contribution in [1.29, 1.82) is 0 Å². The third-order valence-electron chi connectivity index (χ3n) is 6.13. The molecule has 1 saturated heterocycles. The number of anilines is 1. The molecule has 3 aromatic rings. The van der Waals surface area contributed by atoms with Crippen molar-refractivity contribution in [2.45, 2.75) is 30.7 Å². The predicted octanol–water partition coefficient (Wildman–Crippen LogP) is 4.47. The molecule has 0 saturated carbocycles. The van der Waals surface area contributed by atoms with E-state index in [0.717, 1.165) is 35.8 Å². The highest BCUT2D eigenvalue weighted by Crippen LogP contribution is 2.22. The molecule has 0 bridgehead atoms. The smallest absolute Gasteiger partial charge is 0.243 e. The lowest BCUT2D eigenvalue weighted by Crippen LogP contribution is -2.37. The number of sulfonamides is 1. The predicted molar refractivity (Wildman–Crippen MR) is 140 cm³/mol. The Kier molecular flexibility index (Phi) is 8.58. The van der Waals surface area contributed by atoms with Crippen LogP contribution in [0.5, 0.6) is 0 Å². The van der Waals surface area contributed by atoms with Gasteiger partial charge in [-0.3, -0.25) is 9.59 Å². The molecule has 2 amide bonds. The van der Waals surface area contributed by atoms with Gasteiger partial charge in [-0.15, -0.1) is 0 Å². The fraction of sp³-hybridized carbons (Fsp3) is 0.259. The van der Waals surface area contributed by atoms with Crippen molar-refractivity contribution in [3.05, 3.63) is 94.8 Å². The van der Waals surface area contributed by atoms with E-state index < -0.39 is 28.3 Å². The van der Waals surface area contributed by atoms with Crippen LogP contribution >= 0.6 is 11.6 Å². The minimum atomic E-state index is -4.14. The molecule has 0 atom stereocenters. The van der Waals surface area contributed by atoms with Gasteiger partial charge < -0.3 is 10.2 Å². The Morgan fingerprint density at radius 3 is 2.24 bits per heavy atom. The normalized spacial score (nSPS) is 13.6. The molecule has 7 nitrogen and oxygen atoms in total. The second-order valence-electron chi connectivity index (χ2n) is 8.83. The molecular weight excluding hydrogens is 517 g/mol. The number of nitrogens with one attached hydrogen (secondary N) is 1. The van der Waals surface area contributed by atoms with Crippen molar-refractivity contribution in [1.82, 2.24) is 9.21 Å². The standard InChI is InChI=1S/C27H27ClFN3O4S/c28-22-9-13-24(14-10-22)37(35,36)32(18-21-5-1-2-6-25(21)29)19-26(33)30-23-11-7-20(8-12-23)17-27(34)31-15-3-4-16-31/h1-2,5-14H,3-4,15-19H2,(H,30,33). The number of hydrogen-bond donors (Lipinski definition) is 1. The van der Waals surface area contributed by atoms with Crippen molar-refractivity contribution >= 4 is 39.1 Å². The van der Waals surface area contributed by atoms with E-state index in [2.05, 4.69) is 5.32 Å². The first-order valence-electron chi connectivity index (χ1n) is 11.9. The summed E-state index contributed by atoms with van der Waals surface area (Å²) in [4.78, 5) is 27.0. The highest BCUT2D eigenvalue weighted by atomic mass is 35.5. The molecule has 1 fully saturated rings. The van der Waals surface area contributed by atoms with Gasteiger partial charge in [-0.1, -0.05) is 41.9 Å². The van der Waals surface area contributed by atoms with Gasteiger partial charge in [0.05, 0.1) is 17.9 Å². The fourth-order valence-corrected chi connectivity index (χ4v) is 5.62. The van der Waals surface area contributed by atoms with E-state index in [4.69, 9.17) is 11.6 Å². The lowest BCUT2D eigenvalue weighted by molar-refractivity contribution is -0.129. The summed E-state index contributed by atoms with van der Waals surface area (Å²) in [5.74, 6) is -1.08. The number of halogens is 2. The number of amides is 2. The van der Waals surface area contributed by atoms with Crippen molar-refractivity contribution < 1.29 is 22.4 Å². The van der Waals surface area contributed by atoms with E-state index in [1.165, 1.54) is 42.5 Å². The van der Waals surface area contributed by atoms with Crippen LogP contribution in [0.25, 0.3) is 0 Å². The first kappa shape index (κ1) is 26.8. The quantitative estimate of drug-likeness (QED) is 0.431. The highest BCUT2D eigenvalue weighted by Gasteiger charge is 2.28. The maximum absolute atomic E-state index is 14.3. The molecule has 0 aliphatic carbocycles. The molecule has 4 rings (SSSR count). The number of carbonyl (C=O) groups excluding carboxylic acids is 2. The number of nitrogens with zero attached hydrogens (tertiary/aromatic N) is 2. The number of hydrogen-bond acceptors (Lipinski definition) is 4. The molecule has 1 N–H and O–H groups in total. The number of likely N-dealkylation sites (tertiary alicyclic amines) is 1. The minimum Gasteiger partial charge on any atom is -0.342 e. The van der Waals surface area contributed by atoms with Crippen LogP contribution in [0.4, 0.5) is 10.1 Å². The molecule has 0 aromatic heterocycles. The summed E-state index contributed by atoms with van der Waals surface area (Å²) in [6, 6.07) is 18.2. The summed E-state index contributed by atoms with van der Waals surface area (Å²) in [7, 11) is -4.14. The van der Waals surface area contributed by atoms with Gasteiger partial charge in [-0.2, -0.15) is 4.31 Å². The van der Waals surface area contributed by atoms with Gasteiger partial charge in [0.25, 0.3) is 0 Å². The van der Waals surface area contributed by atoms with Gasteiger partial charge in [-0.05, 0) is 60.9 Å². The van der Waals surface area contributed by atoms with Crippen LogP contribution in [0.2, 0.25) is 5.02 Å². The Labute approximate surface area is 220 Å². The Morgan fingerprint density at radius 2 is 1.59 bits per heavy atom. The van der Waals surface area contributed by atoms with E-state index >= 15 is 0 Å². The lowest BCUT2D eigenvalue weighted by Gasteiger charge is -2.22. The fourth-order valence-electron chi connectivity index (χ4n) is 4.12. The van der Waals surface area contributed by atoms with E-state index in [9.17, 15) is 22.4 Å². The number of rotatable bonds is 9. The van der Waals surface area contributed by atoms with Gasteiger partial charge in [0, 0.05) is 35.9 Å². The highest BCUT2D eigenvalue weighted by molar-refractivity contribution is 7.89. The average molecular weight is 544 g/mol. The van der Waals surface area contributed by atoms with E-state index in [0.29, 0.717) is 10.7 Å². The summed E-state index contributed by atoms with van der Waals surface area (Å²) in [6.45, 7) is 0.710. The van der Waals surface area contributed by atoms with Crippen LogP contribution < -0.4 is 5.32 Å². The molecule has 10 heteroatoms. The molecule has 0 spiro atoms. The van der Waals surface area contributed by atoms with E-state index in [1.807, 2.05) is 4.90 Å². The lowest BCUT2D eigenvalue weighted by atomic mass is 10.1. The molecule has 0 unspecified atom stereocenters. The molecule has 37 heavy (non-hydrogen) atoms. The van der Waals surface area contributed by atoms with E-state index in [1.54, 1.807) is 30.3 Å². The first-order valence-corrected chi connectivity index (χ1v) is 13.7. The SMILES string of the molecule is O=C(CN(Cc1ccccc1F)S(=O)(=O)c1ccc(Cl)cc1)Nc1ccc(CC(=O)N2CCCC2)cc1. The zero-order chi connectivity index (χ0) is 26.4. The molecule has 1 aliphatic heterocycles. The monoisotopic (exact) mass is 543 g/mol. The second-order valence-corrected chi connectivity index (χ2v) is 11.2. The Morgan fingerprint density at radius 1 is 0.946 bits per heavy atom. The summed E-state index contributed by atoms with van der Waals surface area (Å²) in [5, 5.41) is 3.05. The van der Waals surface area contributed by atoms with Crippen molar-refractivity contribution in [3.8, 4) is 0 Å². The third kappa shape index (κ3) is 6.94. The van der Waals surface area contributed by atoms with Crippen LogP contribution in [0.1, 0.15) is 24.0 Å². The van der Waals surface area contributed by atoms with Crippen molar-refractivity contribution in [2.24, 2.45) is 0 Å². The van der Waals surface area contributed by atoms with Gasteiger partial charge in [-0.25, -0.2) is 12.8 Å². The molecule has 3 aromatic carbocycles. The third-order valence-corrected chi connectivity index (χ3v) is 8.19. The van der Waals surface area contributed by atoms with Gasteiger partial charge in [0.1, 0.15) is 5.82 Å². The van der Waals surface area contributed by atoms with Gasteiger partial charge in [0.2, 0.25) is 21.8 Å². The number of carbonyl (C=O) groups is 2. The maximum atomic E-state index is 14.3. The Bertz CT molecular complexity index is 1360. The van der Waals surface area contributed by atoms with Gasteiger partial charge >= 0.3 is 0 Å². The van der Waals surface area contributed by atoms with Gasteiger partial charge in [0.15, 0.2) is 0 Å². The van der Waals surface area contributed by atoms with Crippen molar-refractivity contribution in [3.63, 3.8) is 0 Å². The van der Waals surface area contributed by atoms with Crippen LogP contribution in [0, 0.1) is 5.82 Å². The zero-order valence-corrected chi connectivity index (χ0v) is 21.6. The average Bonchev–Trinajstić information content (AvgIpc) is 3.42. The van der Waals surface area contributed by atoms with Crippen LogP contribution in [-0.2, 0) is 32.6 Å². The molecule has 1 aliphatic rings. The van der Waals surface area contributed by atoms with E-state index in [-0.39, 0.29) is 29.3 Å². The summed E-state index contributed by atoms with van der Waals surface area (Å²) in [5.41, 5.74) is 1.42. The topological polar surface area (TPSA) is 86.8 Å². The molecule has 1 heterocycles. The van der Waals surface area contributed by atoms with Crippen molar-refractivity contribution in [2.75, 3.05) is 25.0 Å². The van der Waals surface area contributed by atoms with Crippen LogP contribution in [0.3, 0.4) is 0 Å². The summed E-state index contributed by atoms with van der Waals surface area (Å²) >= 11 is 5.90. The van der Waals surface area contributed by atoms with Crippen LogP contribution in [0.15, 0.2) is 77.7 Å². The molecule has 0 radical (unpaired) electrons. The second kappa shape index (κ2) is 11.9. The first-order chi connectivity index (χ1) is 17.7. The maximum Gasteiger partial charge on any atom is 0.243 e. The largest absolute Gasteiger partial charge is 0.342 e. The Balaban J connectivity index is 1.47. The summed E-state index contributed by atoms with van der Waals surface area (Å²) in [6.07, 6.45) is 2.33. The zero-order valence-electron chi connectivity index (χ0n) is 20.1. The Hall–Kier alpha value is -3.27. The molecular formula is C27H27ClFN3O4S. The number of benzene rings is 3. The minimum absolute atomic E-state index is 0.0620. The van der Waals surface area contributed by atoms with Crippen LogP contribution in [-0.4, -0.2) is 49.1 Å².